The minimum Gasteiger partial charge on any atom is -0.254 e. The second kappa shape index (κ2) is 8.77. The van der Waals surface area contributed by atoms with Crippen LogP contribution in [-0.4, -0.2) is 22.2 Å². The molecule has 0 aliphatic heterocycles. The van der Waals surface area contributed by atoms with Crippen molar-refractivity contribution in [2.24, 2.45) is 0 Å². The van der Waals surface area contributed by atoms with Crippen molar-refractivity contribution in [3.05, 3.63) is 30.3 Å². The van der Waals surface area contributed by atoms with Crippen LogP contribution in [0.2, 0.25) is 0 Å². The van der Waals surface area contributed by atoms with Gasteiger partial charge in [0.2, 0.25) is 0 Å². The second-order valence-electron chi connectivity index (χ2n) is 2.26. The molecule has 8 heteroatoms. The maximum atomic E-state index is 10.8. The van der Waals surface area contributed by atoms with Gasteiger partial charge in [-0.15, -0.1) is 0 Å². The second-order valence-corrected chi connectivity index (χ2v) is 4.27. The molecule has 15 heavy (non-hydrogen) atoms. The average Bonchev–Trinajstić information content (AvgIpc) is 2.03. The maximum Gasteiger partial charge on any atom is 1.00 e. The van der Waals surface area contributed by atoms with Crippen LogP contribution in [0.25, 0.3) is 0 Å². The van der Waals surface area contributed by atoms with E-state index in [2.05, 4.69) is 6.07 Å². The first-order valence-corrected chi connectivity index (χ1v) is 5.31. The first-order valence-electron chi connectivity index (χ1n) is 3.42. The van der Waals surface area contributed by atoms with E-state index < -0.39 is 17.4 Å². The van der Waals surface area contributed by atoms with Gasteiger partial charge in [0.1, 0.15) is 0 Å². The standard InChI is InChI=1S/C7H7O2S.BF3.K/c1-10(8,9)7-5-3-2-4-6-7;2-1(3)4;/h3-6H,1H3;;/q-1;;+1. The Morgan fingerprint density at radius 1 is 1.20 bits per heavy atom. The molecule has 0 atom stereocenters. The number of sulfone groups is 1. The summed E-state index contributed by atoms with van der Waals surface area (Å²) in [4.78, 5) is 0.339. The van der Waals surface area contributed by atoms with E-state index in [9.17, 15) is 21.4 Å². The van der Waals surface area contributed by atoms with Crippen molar-refractivity contribution in [3.8, 4) is 0 Å². The van der Waals surface area contributed by atoms with Gasteiger partial charge in [-0.25, -0.2) is 8.42 Å². The average molecular weight is 262 g/mol. The number of benzene rings is 1. The molecule has 0 saturated carbocycles. The van der Waals surface area contributed by atoms with Crippen LogP contribution in [0.1, 0.15) is 0 Å². The monoisotopic (exact) mass is 262 g/mol. The molecule has 0 spiro atoms. The minimum atomic E-state index is -3.67. The van der Waals surface area contributed by atoms with E-state index in [0.717, 1.165) is 0 Å². The smallest absolute Gasteiger partial charge is 0.254 e. The molecule has 2 nitrogen and oxygen atoms in total. The van der Waals surface area contributed by atoms with Crippen molar-refractivity contribution >= 4 is 17.4 Å². The van der Waals surface area contributed by atoms with E-state index in [1.54, 1.807) is 12.1 Å². The molecule has 0 aliphatic carbocycles. The fraction of sp³-hybridized carbons (Fsp3) is 0.143. The molecule has 1 aromatic rings. The van der Waals surface area contributed by atoms with Crippen molar-refractivity contribution in [3.63, 3.8) is 0 Å². The van der Waals surface area contributed by atoms with E-state index >= 15 is 0 Å². The van der Waals surface area contributed by atoms with E-state index in [0.29, 0.717) is 4.90 Å². The topological polar surface area (TPSA) is 34.1 Å². The predicted octanol–water partition coefficient (Wildman–Crippen LogP) is -1.23. The summed E-state index contributed by atoms with van der Waals surface area (Å²) >= 11 is 0. The molecule has 0 saturated heterocycles. The Morgan fingerprint density at radius 3 is 1.73 bits per heavy atom. The molecule has 0 aromatic heterocycles. The van der Waals surface area contributed by atoms with E-state index in [1.165, 1.54) is 18.4 Å². The van der Waals surface area contributed by atoms with Gasteiger partial charge in [0, 0.05) is 6.26 Å². The molecule has 0 heterocycles. The Labute approximate surface area is 130 Å². The molecule has 0 amide bonds. The molecule has 1 aromatic carbocycles. The molecule has 0 aliphatic rings. The zero-order chi connectivity index (χ0) is 11.2. The van der Waals surface area contributed by atoms with Crippen molar-refractivity contribution < 1.29 is 72.7 Å². The molecule has 78 valence electrons. The van der Waals surface area contributed by atoms with Crippen molar-refractivity contribution in [1.29, 1.82) is 0 Å². The molecule has 0 unspecified atom stereocenters. The molecular formula is C7H7BF3KO2S. The fourth-order valence-corrected chi connectivity index (χ4v) is 1.25. The largest absolute Gasteiger partial charge is 1.00 e. The fourth-order valence-electron chi connectivity index (χ4n) is 0.619. The van der Waals surface area contributed by atoms with Gasteiger partial charge in [-0.2, -0.15) is 30.3 Å². The van der Waals surface area contributed by atoms with Gasteiger partial charge in [-0.05, 0) is 4.90 Å². The van der Waals surface area contributed by atoms with Crippen LogP contribution in [0.3, 0.4) is 0 Å². The van der Waals surface area contributed by atoms with E-state index in [-0.39, 0.29) is 51.4 Å². The number of hydrogen-bond acceptors (Lipinski definition) is 2. The van der Waals surface area contributed by atoms with Gasteiger partial charge in [-0.3, -0.25) is 12.9 Å². The molecule has 0 bridgehead atoms. The Bertz CT molecular complexity index is 355. The van der Waals surface area contributed by atoms with Crippen LogP contribution < -0.4 is 51.4 Å². The van der Waals surface area contributed by atoms with Gasteiger partial charge in [0.05, 0.1) is 0 Å². The number of rotatable bonds is 1. The Balaban J connectivity index is 0. The van der Waals surface area contributed by atoms with Crippen molar-refractivity contribution in [1.82, 2.24) is 0 Å². The molecule has 0 N–H and O–H groups in total. The van der Waals surface area contributed by atoms with Gasteiger partial charge >= 0.3 is 58.9 Å². The Hall–Kier alpha value is 0.661. The number of halogens is 3. The maximum absolute atomic E-state index is 10.8. The van der Waals surface area contributed by atoms with Crippen molar-refractivity contribution in [2.75, 3.05) is 6.26 Å². The summed E-state index contributed by atoms with van der Waals surface area (Å²) in [6.45, 7) is 0. The minimum absolute atomic E-state index is 0. The summed E-state index contributed by atoms with van der Waals surface area (Å²) in [5.41, 5.74) is 0. The Morgan fingerprint density at radius 2 is 1.53 bits per heavy atom. The third kappa shape index (κ3) is 10.9. The Kier molecular flexibility index (Phi) is 10.5. The zero-order valence-corrected chi connectivity index (χ0v) is 12.2. The van der Waals surface area contributed by atoms with Gasteiger partial charge < -0.3 is 0 Å². The normalized spacial score (nSPS) is 9.33. The van der Waals surface area contributed by atoms with Gasteiger partial charge in [0.25, 0.3) is 0 Å². The quantitative estimate of drug-likeness (QED) is 0.469. The van der Waals surface area contributed by atoms with Crippen molar-refractivity contribution in [2.45, 2.75) is 4.90 Å². The van der Waals surface area contributed by atoms with E-state index in [4.69, 9.17) is 0 Å². The van der Waals surface area contributed by atoms with Crippen LogP contribution in [-0.2, 0) is 9.84 Å². The summed E-state index contributed by atoms with van der Waals surface area (Å²) in [6.07, 6.45) is 1.18. The van der Waals surface area contributed by atoms with Crippen LogP contribution in [0.4, 0.5) is 12.9 Å². The summed E-state index contributed by atoms with van der Waals surface area (Å²) in [5.74, 6) is 0. The molecule has 0 fully saturated rings. The zero-order valence-electron chi connectivity index (χ0n) is 8.25. The summed E-state index contributed by atoms with van der Waals surface area (Å²) < 4.78 is 50.6. The summed E-state index contributed by atoms with van der Waals surface area (Å²) in [6, 6.07) is 8.95. The predicted molar refractivity (Wildman–Crippen MR) is 47.5 cm³/mol. The molecule has 0 radical (unpaired) electrons. The van der Waals surface area contributed by atoms with Crippen LogP contribution in [0.15, 0.2) is 29.2 Å². The molecular weight excluding hydrogens is 255 g/mol. The first-order chi connectivity index (χ1) is 6.34. The van der Waals surface area contributed by atoms with Gasteiger partial charge in [0.15, 0.2) is 9.84 Å². The van der Waals surface area contributed by atoms with Crippen LogP contribution in [0.5, 0.6) is 0 Å². The number of hydrogen-bond donors (Lipinski definition) is 0. The third-order valence-corrected chi connectivity index (χ3v) is 2.24. The molecule has 1 rings (SSSR count). The summed E-state index contributed by atoms with van der Waals surface area (Å²) in [7, 11) is -6.69. The van der Waals surface area contributed by atoms with Crippen LogP contribution >= 0.6 is 0 Å². The first kappa shape index (κ1) is 18.0. The summed E-state index contributed by atoms with van der Waals surface area (Å²) in [5, 5.41) is 0. The van der Waals surface area contributed by atoms with E-state index in [1.807, 2.05) is 0 Å². The van der Waals surface area contributed by atoms with Gasteiger partial charge in [-0.1, -0.05) is 0 Å². The third-order valence-electron chi connectivity index (χ3n) is 1.12. The SMILES string of the molecule is CS(=O)(=O)c1cc[c-]cc1.FB(F)F.[K+]. The van der Waals surface area contributed by atoms with Crippen LogP contribution in [0, 0.1) is 6.07 Å².